The van der Waals surface area contributed by atoms with Gasteiger partial charge in [-0.1, -0.05) is 78.3 Å². The minimum atomic E-state index is 0.393. The predicted molar refractivity (Wildman–Crippen MR) is 124 cm³/mol. The van der Waals surface area contributed by atoms with Crippen LogP contribution in [0.3, 0.4) is 0 Å². The summed E-state index contributed by atoms with van der Waals surface area (Å²) >= 11 is 0. The quantitative estimate of drug-likeness (QED) is 0.431. The van der Waals surface area contributed by atoms with Crippen molar-refractivity contribution in [3.05, 3.63) is 100 Å². The molecule has 1 aliphatic rings. The molecule has 0 fully saturated rings. The lowest BCUT2D eigenvalue weighted by Crippen LogP contribution is -2.04. The molecule has 3 aromatic carbocycles. The normalized spacial score (nSPS) is 16.4. The van der Waals surface area contributed by atoms with E-state index in [-0.39, 0.29) is 0 Å². The van der Waals surface area contributed by atoms with E-state index < -0.39 is 0 Å². The molecule has 0 aliphatic heterocycles. The van der Waals surface area contributed by atoms with E-state index in [1.165, 1.54) is 44.2 Å². The lowest BCUT2D eigenvalue weighted by atomic mass is 9.84. The van der Waals surface area contributed by atoms with Crippen molar-refractivity contribution in [2.45, 2.75) is 46.0 Å². The van der Waals surface area contributed by atoms with Crippen molar-refractivity contribution < 1.29 is 4.74 Å². The molecule has 0 saturated heterocycles. The number of fused-ring (bicyclic) bond motifs is 1. The average molecular weight is 383 g/mol. The van der Waals surface area contributed by atoms with Crippen molar-refractivity contribution in [2.24, 2.45) is 0 Å². The van der Waals surface area contributed by atoms with Crippen LogP contribution >= 0.6 is 0 Å². The van der Waals surface area contributed by atoms with E-state index in [1.807, 2.05) is 0 Å². The van der Waals surface area contributed by atoms with Crippen LogP contribution in [0, 0.1) is 0 Å². The molecule has 1 heteroatoms. The van der Waals surface area contributed by atoms with Gasteiger partial charge in [-0.2, -0.15) is 0 Å². The number of hydrogen-bond donors (Lipinski definition) is 0. The molecule has 0 amide bonds. The summed E-state index contributed by atoms with van der Waals surface area (Å²) in [6.07, 6.45) is 5.55. The third-order valence-corrected chi connectivity index (χ3v) is 6.38. The largest absolute Gasteiger partial charge is 0.496 e. The first-order chi connectivity index (χ1) is 14.1. The molecular formula is C28H30O. The molecule has 0 spiro atoms. The summed E-state index contributed by atoms with van der Waals surface area (Å²) in [7, 11) is 1.77. The number of ether oxygens (including phenoxy) is 1. The van der Waals surface area contributed by atoms with Gasteiger partial charge in [0.25, 0.3) is 0 Å². The highest BCUT2D eigenvalue weighted by Crippen LogP contribution is 2.43. The molecule has 0 radical (unpaired) electrons. The van der Waals surface area contributed by atoms with E-state index in [9.17, 15) is 0 Å². The molecule has 0 aromatic heterocycles. The monoisotopic (exact) mass is 382 g/mol. The Bertz CT molecular complexity index is 1090. The first-order valence-corrected chi connectivity index (χ1v) is 10.6. The lowest BCUT2D eigenvalue weighted by molar-refractivity contribution is 0.420. The third kappa shape index (κ3) is 3.74. The Balaban J connectivity index is 1.82. The minimum absolute atomic E-state index is 0.393. The van der Waals surface area contributed by atoms with Crippen LogP contribution in [0.1, 0.15) is 49.8 Å². The number of allylic oxidation sites excluding steroid dienone is 4. The van der Waals surface area contributed by atoms with E-state index in [0.717, 1.165) is 25.0 Å². The van der Waals surface area contributed by atoms with Crippen molar-refractivity contribution in [3.8, 4) is 5.75 Å². The second kappa shape index (κ2) is 8.29. The van der Waals surface area contributed by atoms with E-state index >= 15 is 0 Å². The first kappa shape index (κ1) is 19.5. The summed E-state index contributed by atoms with van der Waals surface area (Å²) < 4.78 is 5.74. The molecule has 0 N–H and O–H groups in total. The average Bonchev–Trinajstić information content (AvgIpc) is 3.05. The van der Waals surface area contributed by atoms with Crippen molar-refractivity contribution in [1.82, 2.24) is 0 Å². The summed E-state index contributed by atoms with van der Waals surface area (Å²) in [5.41, 5.74) is 8.60. The first-order valence-electron chi connectivity index (χ1n) is 10.6. The Morgan fingerprint density at radius 2 is 1.66 bits per heavy atom. The van der Waals surface area contributed by atoms with Gasteiger partial charge in [-0.05, 0) is 67.3 Å². The van der Waals surface area contributed by atoms with Gasteiger partial charge in [0.1, 0.15) is 5.75 Å². The number of hydrogen-bond acceptors (Lipinski definition) is 1. The molecule has 1 unspecified atom stereocenters. The Hall–Kier alpha value is -2.80. The predicted octanol–water partition coefficient (Wildman–Crippen LogP) is 7.40. The molecule has 0 saturated carbocycles. The fourth-order valence-electron chi connectivity index (χ4n) is 4.69. The highest BCUT2D eigenvalue weighted by molar-refractivity contribution is 5.92. The number of methoxy groups -OCH3 is 1. The molecule has 1 nitrogen and oxygen atoms in total. The van der Waals surface area contributed by atoms with Crippen molar-refractivity contribution in [2.75, 3.05) is 7.11 Å². The van der Waals surface area contributed by atoms with Crippen LogP contribution in [0.25, 0.3) is 10.8 Å². The second-order valence-corrected chi connectivity index (χ2v) is 8.09. The molecule has 1 atom stereocenters. The summed E-state index contributed by atoms with van der Waals surface area (Å²) in [5.74, 6) is 1.36. The fourth-order valence-corrected chi connectivity index (χ4v) is 4.69. The molecule has 4 rings (SSSR count). The van der Waals surface area contributed by atoms with Crippen LogP contribution < -0.4 is 4.74 Å². The Kier molecular flexibility index (Phi) is 5.58. The number of benzene rings is 3. The van der Waals surface area contributed by atoms with Crippen molar-refractivity contribution in [1.29, 1.82) is 0 Å². The standard InChI is InChI=1S/C28H30O/c1-5-22-16-19(2)20(3)28(22)24-17-23(15-14-21-10-7-6-8-11-21)25-12-9-13-27(29-4)26(25)18-24/h6-13,16-18,28H,5,14-15H2,1-4H3. The topological polar surface area (TPSA) is 9.23 Å². The maximum atomic E-state index is 5.74. The van der Waals surface area contributed by atoms with E-state index in [2.05, 4.69) is 87.5 Å². The molecular weight excluding hydrogens is 352 g/mol. The SMILES string of the molecule is CCC1=CC(C)=C(C)C1c1cc(CCc2ccccc2)c2cccc(OC)c2c1. The van der Waals surface area contributed by atoms with Crippen LogP contribution in [-0.4, -0.2) is 7.11 Å². The minimum Gasteiger partial charge on any atom is -0.496 e. The molecule has 148 valence electrons. The van der Waals surface area contributed by atoms with Gasteiger partial charge >= 0.3 is 0 Å². The maximum absolute atomic E-state index is 5.74. The van der Waals surface area contributed by atoms with Gasteiger partial charge in [-0.15, -0.1) is 0 Å². The van der Waals surface area contributed by atoms with Crippen LogP contribution in [0.4, 0.5) is 0 Å². The van der Waals surface area contributed by atoms with Gasteiger partial charge in [0.05, 0.1) is 7.11 Å². The molecule has 1 aliphatic carbocycles. The maximum Gasteiger partial charge on any atom is 0.126 e. The van der Waals surface area contributed by atoms with Crippen LogP contribution in [0.5, 0.6) is 5.75 Å². The molecule has 0 heterocycles. The van der Waals surface area contributed by atoms with Crippen molar-refractivity contribution >= 4 is 10.8 Å². The summed E-state index contributed by atoms with van der Waals surface area (Å²) in [5, 5.41) is 2.53. The second-order valence-electron chi connectivity index (χ2n) is 8.09. The zero-order valence-corrected chi connectivity index (χ0v) is 18.0. The molecule has 0 bridgehead atoms. The summed E-state index contributed by atoms with van der Waals surface area (Å²) in [6.45, 7) is 6.79. The van der Waals surface area contributed by atoms with Gasteiger partial charge < -0.3 is 4.74 Å². The van der Waals surface area contributed by atoms with Crippen molar-refractivity contribution in [3.63, 3.8) is 0 Å². The zero-order chi connectivity index (χ0) is 20.4. The Morgan fingerprint density at radius 3 is 2.38 bits per heavy atom. The highest BCUT2D eigenvalue weighted by atomic mass is 16.5. The smallest absolute Gasteiger partial charge is 0.126 e. The Morgan fingerprint density at radius 1 is 0.862 bits per heavy atom. The van der Waals surface area contributed by atoms with E-state index in [0.29, 0.717) is 5.92 Å². The van der Waals surface area contributed by atoms with Gasteiger partial charge in [-0.3, -0.25) is 0 Å². The van der Waals surface area contributed by atoms with Crippen LogP contribution in [0.15, 0.2) is 83.5 Å². The number of aryl methyl sites for hydroxylation is 2. The summed E-state index contributed by atoms with van der Waals surface area (Å²) in [4.78, 5) is 0. The van der Waals surface area contributed by atoms with Gasteiger partial charge in [0.15, 0.2) is 0 Å². The number of rotatable bonds is 6. The molecule has 3 aromatic rings. The van der Waals surface area contributed by atoms with E-state index in [1.54, 1.807) is 7.11 Å². The Labute approximate surface area is 174 Å². The lowest BCUT2D eigenvalue weighted by Gasteiger charge is -2.21. The highest BCUT2D eigenvalue weighted by Gasteiger charge is 2.25. The van der Waals surface area contributed by atoms with Crippen LogP contribution in [0.2, 0.25) is 0 Å². The van der Waals surface area contributed by atoms with Gasteiger partial charge in [0.2, 0.25) is 0 Å². The zero-order valence-electron chi connectivity index (χ0n) is 18.0. The molecule has 29 heavy (non-hydrogen) atoms. The van der Waals surface area contributed by atoms with Crippen LogP contribution in [-0.2, 0) is 12.8 Å². The third-order valence-electron chi connectivity index (χ3n) is 6.38. The fraction of sp³-hybridized carbons (Fsp3) is 0.286. The van der Waals surface area contributed by atoms with Gasteiger partial charge in [0, 0.05) is 11.3 Å². The van der Waals surface area contributed by atoms with Gasteiger partial charge in [-0.25, -0.2) is 0 Å². The van der Waals surface area contributed by atoms with E-state index in [4.69, 9.17) is 4.74 Å². The summed E-state index contributed by atoms with van der Waals surface area (Å²) in [6, 6.07) is 22.0.